The Hall–Kier alpha value is -1.79. The maximum Gasteiger partial charge on any atom is 0.392 e. The van der Waals surface area contributed by atoms with Gasteiger partial charge in [-0.25, -0.2) is 4.39 Å². The molecular formula is C14H16F4N2O. The van der Waals surface area contributed by atoms with E-state index < -0.39 is 29.7 Å². The lowest BCUT2D eigenvalue weighted by Crippen LogP contribution is -2.39. The van der Waals surface area contributed by atoms with Crippen LogP contribution in [0.5, 0.6) is 0 Å². The number of hydrogen-bond donors (Lipinski definition) is 2. The predicted molar refractivity (Wildman–Crippen MR) is 70.9 cm³/mol. The number of para-hydroxylation sites is 1. The van der Waals surface area contributed by atoms with Gasteiger partial charge in [0.2, 0.25) is 5.91 Å². The lowest BCUT2D eigenvalue weighted by atomic mass is 9.78. The summed E-state index contributed by atoms with van der Waals surface area (Å²) < 4.78 is 52.5. The van der Waals surface area contributed by atoms with Gasteiger partial charge in [0.1, 0.15) is 11.5 Å². The summed E-state index contributed by atoms with van der Waals surface area (Å²) in [5.74, 6) is -4.46. The van der Waals surface area contributed by atoms with Crippen LogP contribution in [-0.2, 0) is 4.79 Å². The minimum Gasteiger partial charge on any atom is -0.397 e. The lowest BCUT2D eigenvalue weighted by Gasteiger charge is -2.32. The van der Waals surface area contributed by atoms with Crippen LogP contribution in [0.3, 0.4) is 0 Å². The van der Waals surface area contributed by atoms with Crippen LogP contribution in [0.1, 0.15) is 25.7 Å². The highest BCUT2D eigenvalue weighted by Gasteiger charge is 2.48. The van der Waals surface area contributed by atoms with Crippen molar-refractivity contribution >= 4 is 17.3 Å². The Kier molecular flexibility index (Phi) is 4.39. The van der Waals surface area contributed by atoms with Gasteiger partial charge in [0, 0.05) is 5.92 Å². The summed E-state index contributed by atoms with van der Waals surface area (Å²) in [5.41, 5.74) is 5.28. The van der Waals surface area contributed by atoms with Crippen LogP contribution in [0, 0.1) is 17.7 Å². The maximum absolute atomic E-state index is 13.6. The number of carbonyl (C=O) groups excluding carboxylic acids is 1. The summed E-state index contributed by atoms with van der Waals surface area (Å²) >= 11 is 0. The standard InChI is InChI=1S/C14H16F4N2O/c15-10-6-3-7-11(19)12(10)20-13(21)8-4-1-2-5-9(8)14(16,17)18/h3,6-9H,1-2,4-5,19H2,(H,20,21). The summed E-state index contributed by atoms with van der Waals surface area (Å²) in [7, 11) is 0. The zero-order valence-corrected chi connectivity index (χ0v) is 11.2. The fourth-order valence-electron chi connectivity index (χ4n) is 2.73. The number of amides is 1. The predicted octanol–water partition coefficient (Wildman–Crippen LogP) is 3.72. The normalized spacial score (nSPS) is 22.9. The van der Waals surface area contributed by atoms with E-state index in [-0.39, 0.29) is 24.2 Å². The van der Waals surface area contributed by atoms with Crippen LogP contribution in [0.4, 0.5) is 28.9 Å². The van der Waals surface area contributed by atoms with Crippen molar-refractivity contribution in [2.24, 2.45) is 11.8 Å². The second-order valence-corrected chi connectivity index (χ2v) is 5.23. The van der Waals surface area contributed by atoms with E-state index >= 15 is 0 Å². The van der Waals surface area contributed by atoms with Gasteiger partial charge in [-0.05, 0) is 25.0 Å². The van der Waals surface area contributed by atoms with Gasteiger partial charge < -0.3 is 11.1 Å². The van der Waals surface area contributed by atoms with E-state index in [1.54, 1.807) is 0 Å². The van der Waals surface area contributed by atoms with E-state index in [0.717, 1.165) is 6.07 Å². The van der Waals surface area contributed by atoms with Gasteiger partial charge in [0.05, 0.1) is 11.6 Å². The van der Waals surface area contributed by atoms with Crippen molar-refractivity contribution in [3.05, 3.63) is 24.0 Å². The molecule has 1 saturated carbocycles. The molecule has 0 radical (unpaired) electrons. The molecule has 2 atom stereocenters. The number of nitrogen functional groups attached to an aromatic ring is 1. The highest BCUT2D eigenvalue weighted by atomic mass is 19.4. The van der Waals surface area contributed by atoms with Crippen molar-refractivity contribution in [2.45, 2.75) is 31.9 Å². The number of anilines is 2. The Labute approximate surface area is 119 Å². The number of nitrogens with two attached hydrogens (primary N) is 1. The Bertz CT molecular complexity index is 510. The summed E-state index contributed by atoms with van der Waals surface area (Å²) in [6, 6.07) is 3.83. The van der Waals surface area contributed by atoms with Crippen molar-refractivity contribution in [3.8, 4) is 0 Å². The SMILES string of the molecule is Nc1cccc(F)c1NC(=O)C1CCCCC1C(F)(F)F. The van der Waals surface area contributed by atoms with Gasteiger partial charge in [-0.3, -0.25) is 4.79 Å². The Morgan fingerprint density at radius 2 is 1.90 bits per heavy atom. The summed E-state index contributed by atoms with van der Waals surface area (Å²) in [4.78, 5) is 12.1. The van der Waals surface area contributed by atoms with Gasteiger partial charge in [0.15, 0.2) is 0 Å². The van der Waals surface area contributed by atoms with Crippen molar-refractivity contribution in [2.75, 3.05) is 11.1 Å². The van der Waals surface area contributed by atoms with Crippen LogP contribution < -0.4 is 11.1 Å². The first-order valence-electron chi connectivity index (χ1n) is 6.72. The first kappa shape index (κ1) is 15.6. The van der Waals surface area contributed by atoms with Crippen molar-refractivity contribution in [3.63, 3.8) is 0 Å². The summed E-state index contributed by atoms with van der Waals surface area (Å²) in [6.45, 7) is 0. The highest BCUT2D eigenvalue weighted by Crippen LogP contribution is 2.42. The lowest BCUT2D eigenvalue weighted by molar-refractivity contribution is -0.197. The van der Waals surface area contributed by atoms with Gasteiger partial charge in [-0.1, -0.05) is 18.9 Å². The molecule has 0 aromatic heterocycles. The van der Waals surface area contributed by atoms with Crippen LogP contribution in [0.25, 0.3) is 0 Å². The van der Waals surface area contributed by atoms with Crippen LogP contribution in [-0.4, -0.2) is 12.1 Å². The van der Waals surface area contributed by atoms with Crippen molar-refractivity contribution in [1.82, 2.24) is 0 Å². The molecule has 0 bridgehead atoms. The molecule has 0 aliphatic heterocycles. The number of carbonyl (C=O) groups is 1. The van der Waals surface area contributed by atoms with Crippen molar-refractivity contribution < 1.29 is 22.4 Å². The number of hydrogen-bond acceptors (Lipinski definition) is 2. The highest BCUT2D eigenvalue weighted by molar-refractivity contribution is 5.95. The summed E-state index contributed by atoms with van der Waals surface area (Å²) in [6.07, 6.45) is -3.37. The zero-order valence-electron chi connectivity index (χ0n) is 11.2. The monoisotopic (exact) mass is 304 g/mol. The molecule has 0 heterocycles. The number of benzene rings is 1. The molecule has 0 saturated heterocycles. The van der Waals surface area contributed by atoms with Crippen molar-refractivity contribution in [1.29, 1.82) is 0 Å². The van der Waals surface area contributed by atoms with E-state index in [1.165, 1.54) is 12.1 Å². The van der Waals surface area contributed by atoms with E-state index in [2.05, 4.69) is 5.32 Å². The van der Waals surface area contributed by atoms with E-state index in [0.29, 0.717) is 12.8 Å². The van der Waals surface area contributed by atoms with Gasteiger partial charge in [-0.15, -0.1) is 0 Å². The zero-order chi connectivity index (χ0) is 15.6. The smallest absolute Gasteiger partial charge is 0.392 e. The molecule has 1 aromatic carbocycles. The molecule has 1 aromatic rings. The van der Waals surface area contributed by atoms with Crippen LogP contribution >= 0.6 is 0 Å². The molecule has 2 rings (SSSR count). The van der Waals surface area contributed by atoms with Crippen LogP contribution in [0.15, 0.2) is 18.2 Å². The molecule has 116 valence electrons. The molecule has 1 fully saturated rings. The maximum atomic E-state index is 13.6. The van der Waals surface area contributed by atoms with Gasteiger partial charge in [0.25, 0.3) is 0 Å². The number of nitrogens with one attached hydrogen (secondary N) is 1. The van der Waals surface area contributed by atoms with E-state index in [1.807, 2.05) is 0 Å². The fourth-order valence-corrected chi connectivity index (χ4v) is 2.73. The Morgan fingerprint density at radius 1 is 1.24 bits per heavy atom. The first-order valence-corrected chi connectivity index (χ1v) is 6.72. The average molecular weight is 304 g/mol. The second kappa shape index (κ2) is 5.91. The molecular weight excluding hydrogens is 288 g/mol. The molecule has 1 aliphatic rings. The third-order valence-electron chi connectivity index (χ3n) is 3.82. The third kappa shape index (κ3) is 3.46. The Balaban J connectivity index is 2.18. The number of rotatable bonds is 2. The van der Waals surface area contributed by atoms with E-state index in [4.69, 9.17) is 5.73 Å². The fraction of sp³-hybridized carbons (Fsp3) is 0.500. The number of halogens is 4. The molecule has 21 heavy (non-hydrogen) atoms. The van der Waals surface area contributed by atoms with Crippen LogP contribution in [0.2, 0.25) is 0 Å². The molecule has 1 amide bonds. The number of alkyl halides is 3. The average Bonchev–Trinajstić information content (AvgIpc) is 2.42. The second-order valence-electron chi connectivity index (χ2n) is 5.23. The van der Waals surface area contributed by atoms with Gasteiger partial charge in [-0.2, -0.15) is 13.2 Å². The van der Waals surface area contributed by atoms with E-state index in [9.17, 15) is 22.4 Å². The summed E-state index contributed by atoms with van der Waals surface area (Å²) in [5, 5.41) is 2.21. The third-order valence-corrected chi connectivity index (χ3v) is 3.82. The molecule has 1 aliphatic carbocycles. The molecule has 7 heteroatoms. The molecule has 3 nitrogen and oxygen atoms in total. The Morgan fingerprint density at radius 3 is 2.52 bits per heavy atom. The molecule has 2 unspecified atom stereocenters. The largest absolute Gasteiger partial charge is 0.397 e. The van der Waals surface area contributed by atoms with Gasteiger partial charge >= 0.3 is 6.18 Å². The quantitative estimate of drug-likeness (QED) is 0.646. The topological polar surface area (TPSA) is 55.1 Å². The molecule has 0 spiro atoms. The minimum atomic E-state index is -4.43. The molecule has 3 N–H and O–H groups in total. The minimum absolute atomic E-state index is 0.0114. The first-order chi connectivity index (χ1) is 9.80.